The lowest BCUT2D eigenvalue weighted by Crippen LogP contribution is -1.91. The number of rotatable bonds is 2. The monoisotopic (exact) mass is 190 g/mol. The van der Waals surface area contributed by atoms with Gasteiger partial charge in [-0.3, -0.25) is 0 Å². The lowest BCUT2D eigenvalue weighted by Gasteiger charge is -1.99. The van der Waals surface area contributed by atoms with Gasteiger partial charge in [-0.25, -0.2) is 4.98 Å². The maximum atomic E-state index is 9.16. The fraction of sp³-hybridized carbons (Fsp3) is 0.364. The molecule has 2 aromatic heterocycles. The minimum Gasteiger partial charge on any atom is -0.390 e. The third-order valence-corrected chi connectivity index (χ3v) is 2.41. The lowest BCUT2D eigenvalue weighted by molar-refractivity contribution is 0.279. The third kappa shape index (κ3) is 1.30. The zero-order valence-electron chi connectivity index (χ0n) is 8.49. The molecular weight excluding hydrogens is 176 g/mol. The van der Waals surface area contributed by atoms with Crippen LogP contribution < -0.4 is 0 Å². The molecule has 2 aromatic rings. The van der Waals surface area contributed by atoms with Crippen LogP contribution in [0.2, 0.25) is 0 Å². The normalized spacial score (nSPS) is 11.1. The van der Waals surface area contributed by atoms with Crippen LogP contribution in [0.15, 0.2) is 18.3 Å². The van der Waals surface area contributed by atoms with Crippen LogP contribution in [-0.4, -0.2) is 14.5 Å². The second-order valence-electron chi connectivity index (χ2n) is 3.45. The highest BCUT2D eigenvalue weighted by Crippen LogP contribution is 2.15. The van der Waals surface area contributed by atoms with Crippen molar-refractivity contribution < 1.29 is 5.11 Å². The molecule has 0 saturated heterocycles. The van der Waals surface area contributed by atoms with E-state index in [0.29, 0.717) is 0 Å². The number of aliphatic hydroxyl groups is 1. The lowest BCUT2D eigenvalue weighted by atomic mass is 10.2. The summed E-state index contributed by atoms with van der Waals surface area (Å²) >= 11 is 0. The summed E-state index contributed by atoms with van der Waals surface area (Å²) in [6.07, 6.45) is 2.89. The van der Waals surface area contributed by atoms with Crippen LogP contribution in [0.4, 0.5) is 0 Å². The highest BCUT2D eigenvalue weighted by atomic mass is 16.3. The van der Waals surface area contributed by atoms with Crippen molar-refractivity contribution in [2.24, 2.45) is 0 Å². The number of hydrogen-bond acceptors (Lipinski definition) is 2. The van der Waals surface area contributed by atoms with Crippen molar-refractivity contribution in [1.82, 2.24) is 9.38 Å². The van der Waals surface area contributed by atoms with Gasteiger partial charge in [-0.2, -0.15) is 0 Å². The molecule has 0 fully saturated rings. The van der Waals surface area contributed by atoms with Crippen LogP contribution in [-0.2, 0) is 13.0 Å². The van der Waals surface area contributed by atoms with E-state index in [0.717, 1.165) is 23.5 Å². The van der Waals surface area contributed by atoms with Crippen molar-refractivity contribution in [3.63, 3.8) is 0 Å². The van der Waals surface area contributed by atoms with Gasteiger partial charge < -0.3 is 9.51 Å². The fourth-order valence-corrected chi connectivity index (χ4v) is 1.69. The highest BCUT2D eigenvalue weighted by Gasteiger charge is 2.08. The maximum Gasteiger partial charge on any atom is 0.113 e. The average molecular weight is 190 g/mol. The van der Waals surface area contributed by atoms with E-state index in [-0.39, 0.29) is 6.61 Å². The smallest absolute Gasteiger partial charge is 0.113 e. The molecule has 0 aliphatic heterocycles. The number of nitrogens with zero attached hydrogens (tertiary/aromatic N) is 2. The molecule has 2 heterocycles. The van der Waals surface area contributed by atoms with Crippen LogP contribution in [0.3, 0.4) is 0 Å². The summed E-state index contributed by atoms with van der Waals surface area (Å²) in [6.45, 7) is 4.11. The Balaban J connectivity index is 2.75. The summed E-state index contributed by atoms with van der Waals surface area (Å²) in [7, 11) is 0. The molecule has 0 aliphatic rings. The molecule has 0 bridgehead atoms. The summed E-state index contributed by atoms with van der Waals surface area (Å²) in [5.74, 6) is 1.00. The Hall–Kier alpha value is -1.35. The summed E-state index contributed by atoms with van der Waals surface area (Å²) in [5, 5.41) is 9.16. The van der Waals surface area contributed by atoms with Gasteiger partial charge >= 0.3 is 0 Å². The SMILES string of the molecule is CCc1nc(CO)c2cc(C)ccn12. The molecular formula is C11H14N2O. The number of hydrogen-bond donors (Lipinski definition) is 1. The van der Waals surface area contributed by atoms with Gasteiger partial charge in [-0.15, -0.1) is 0 Å². The van der Waals surface area contributed by atoms with Crippen molar-refractivity contribution in [3.8, 4) is 0 Å². The maximum absolute atomic E-state index is 9.16. The minimum atomic E-state index is 0.00690. The van der Waals surface area contributed by atoms with E-state index in [9.17, 15) is 0 Å². The molecule has 1 N–H and O–H groups in total. The van der Waals surface area contributed by atoms with Crippen LogP contribution in [0.1, 0.15) is 24.0 Å². The molecule has 3 heteroatoms. The number of aliphatic hydroxyl groups excluding tert-OH is 1. The first-order valence-electron chi connectivity index (χ1n) is 4.83. The van der Waals surface area contributed by atoms with Gasteiger partial charge in [0, 0.05) is 12.6 Å². The Morgan fingerprint density at radius 2 is 2.29 bits per heavy atom. The molecule has 0 aliphatic carbocycles. The van der Waals surface area contributed by atoms with Crippen molar-refractivity contribution >= 4 is 5.52 Å². The zero-order chi connectivity index (χ0) is 10.1. The van der Waals surface area contributed by atoms with Crippen molar-refractivity contribution in [2.75, 3.05) is 0 Å². The van der Waals surface area contributed by atoms with Gasteiger partial charge in [-0.1, -0.05) is 6.92 Å². The predicted molar refractivity (Wildman–Crippen MR) is 55.2 cm³/mol. The van der Waals surface area contributed by atoms with Gasteiger partial charge in [0.15, 0.2) is 0 Å². The van der Waals surface area contributed by atoms with Crippen molar-refractivity contribution in [2.45, 2.75) is 26.9 Å². The largest absolute Gasteiger partial charge is 0.390 e. The Bertz CT molecular complexity index is 460. The van der Waals surface area contributed by atoms with E-state index in [4.69, 9.17) is 5.11 Å². The highest BCUT2D eigenvalue weighted by molar-refractivity contribution is 5.54. The van der Waals surface area contributed by atoms with Gasteiger partial charge in [-0.05, 0) is 24.6 Å². The van der Waals surface area contributed by atoms with Crippen molar-refractivity contribution in [1.29, 1.82) is 0 Å². The van der Waals surface area contributed by atoms with Gasteiger partial charge in [0.25, 0.3) is 0 Å². The Morgan fingerprint density at radius 1 is 1.50 bits per heavy atom. The Labute approximate surface area is 83.0 Å². The molecule has 0 radical (unpaired) electrons. The predicted octanol–water partition coefficient (Wildman–Crippen LogP) is 1.70. The molecule has 2 rings (SSSR count). The van der Waals surface area contributed by atoms with E-state index < -0.39 is 0 Å². The first-order valence-corrected chi connectivity index (χ1v) is 4.83. The minimum absolute atomic E-state index is 0.00690. The van der Waals surface area contributed by atoms with E-state index in [1.807, 2.05) is 17.5 Å². The van der Waals surface area contributed by atoms with E-state index >= 15 is 0 Å². The standard InChI is InChI=1S/C11H14N2O/c1-3-11-12-9(7-14)10-6-8(2)4-5-13(10)11/h4-6,14H,3,7H2,1-2H3. The molecule has 14 heavy (non-hydrogen) atoms. The van der Waals surface area contributed by atoms with Crippen LogP contribution >= 0.6 is 0 Å². The van der Waals surface area contributed by atoms with Gasteiger partial charge in [0.2, 0.25) is 0 Å². The van der Waals surface area contributed by atoms with Gasteiger partial charge in [0.05, 0.1) is 17.8 Å². The number of aryl methyl sites for hydroxylation is 2. The molecule has 0 aromatic carbocycles. The zero-order valence-corrected chi connectivity index (χ0v) is 8.49. The summed E-state index contributed by atoms with van der Waals surface area (Å²) in [6, 6.07) is 4.10. The molecule has 74 valence electrons. The topological polar surface area (TPSA) is 37.5 Å². The van der Waals surface area contributed by atoms with E-state index in [1.54, 1.807) is 0 Å². The molecule has 3 nitrogen and oxygen atoms in total. The molecule has 0 unspecified atom stereocenters. The second kappa shape index (κ2) is 3.42. The summed E-state index contributed by atoms with van der Waals surface area (Å²) < 4.78 is 2.04. The summed E-state index contributed by atoms with van der Waals surface area (Å²) in [4.78, 5) is 4.38. The third-order valence-electron chi connectivity index (χ3n) is 2.41. The molecule has 0 amide bonds. The quantitative estimate of drug-likeness (QED) is 0.782. The first kappa shape index (κ1) is 9.21. The summed E-state index contributed by atoms with van der Waals surface area (Å²) in [5.41, 5.74) is 2.98. The Morgan fingerprint density at radius 3 is 2.93 bits per heavy atom. The number of aromatic nitrogens is 2. The molecule has 0 saturated carbocycles. The van der Waals surface area contributed by atoms with E-state index in [2.05, 4.69) is 24.0 Å². The Kier molecular flexibility index (Phi) is 2.25. The first-order chi connectivity index (χ1) is 6.76. The fourth-order valence-electron chi connectivity index (χ4n) is 1.69. The molecule has 0 spiro atoms. The van der Waals surface area contributed by atoms with Crippen LogP contribution in [0.5, 0.6) is 0 Å². The second-order valence-corrected chi connectivity index (χ2v) is 3.45. The number of fused-ring (bicyclic) bond motifs is 1. The van der Waals surface area contributed by atoms with Crippen LogP contribution in [0.25, 0.3) is 5.52 Å². The number of pyridine rings is 1. The van der Waals surface area contributed by atoms with Crippen LogP contribution in [0, 0.1) is 6.92 Å². The van der Waals surface area contributed by atoms with E-state index in [1.165, 1.54) is 5.56 Å². The average Bonchev–Trinajstić information content (AvgIpc) is 2.55. The number of imidazole rings is 1. The van der Waals surface area contributed by atoms with Gasteiger partial charge in [0.1, 0.15) is 5.82 Å². The van der Waals surface area contributed by atoms with Crippen molar-refractivity contribution in [3.05, 3.63) is 35.4 Å². The molecule has 0 atom stereocenters.